The molecule has 0 aromatic rings. The summed E-state index contributed by atoms with van der Waals surface area (Å²) in [5, 5.41) is 16.5. The van der Waals surface area contributed by atoms with Crippen LogP contribution in [0.4, 0.5) is 4.79 Å². The van der Waals surface area contributed by atoms with Gasteiger partial charge in [0.05, 0.1) is 12.5 Å². The maximum absolute atomic E-state index is 11.4. The molecule has 0 saturated heterocycles. The van der Waals surface area contributed by atoms with E-state index in [9.17, 15) is 14.4 Å². The second-order valence-corrected chi connectivity index (χ2v) is 4.33. The molecule has 1 aliphatic rings. The Morgan fingerprint density at radius 3 is 2.50 bits per heavy atom. The second-order valence-electron chi connectivity index (χ2n) is 4.33. The molecule has 7 heteroatoms. The Morgan fingerprint density at radius 2 is 1.94 bits per heavy atom. The third kappa shape index (κ3) is 4.60. The van der Waals surface area contributed by atoms with Gasteiger partial charge in [-0.25, -0.2) is 4.79 Å². The number of hydrogen-bond donors (Lipinski definition) is 4. The molecule has 1 saturated carbocycles. The van der Waals surface area contributed by atoms with Crippen molar-refractivity contribution in [1.82, 2.24) is 16.0 Å². The lowest BCUT2D eigenvalue weighted by atomic mass is 10.1. The van der Waals surface area contributed by atoms with Crippen LogP contribution in [-0.2, 0) is 9.59 Å². The third-order valence-corrected chi connectivity index (χ3v) is 2.90. The number of nitrogens with one attached hydrogen (secondary N) is 3. The van der Waals surface area contributed by atoms with Gasteiger partial charge in [-0.05, 0) is 26.2 Å². The monoisotopic (exact) mass is 257 g/mol. The maximum atomic E-state index is 11.4. The number of rotatable bonds is 5. The summed E-state index contributed by atoms with van der Waals surface area (Å²) in [6.07, 6.45) is 1.69. The largest absolute Gasteiger partial charge is 0.481 e. The molecule has 4 N–H and O–H groups in total. The maximum Gasteiger partial charge on any atom is 0.315 e. The highest BCUT2D eigenvalue weighted by molar-refractivity contribution is 5.84. The summed E-state index contributed by atoms with van der Waals surface area (Å²) >= 11 is 0. The highest BCUT2D eigenvalue weighted by atomic mass is 16.4. The lowest BCUT2D eigenvalue weighted by molar-refractivity contribution is -0.141. The number of amides is 3. The van der Waals surface area contributed by atoms with Crippen LogP contribution in [0.5, 0.6) is 0 Å². The Kier molecular flexibility index (Phi) is 5.41. The molecule has 1 aliphatic carbocycles. The van der Waals surface area contributed by atoms with Gasteiger partial charge >= 0.3 is 12.0 Å². The average molecular weight is 257 g/mol. The minimum absolute atomic E-state index is 0.0747. The third-order valence-electron chi connectivity index (χ3n) is 2.90. The molecule has 102 valence electrons. The molecule has 0 aromatic heterocycles. The number of carboxylic acid groups (broad SMARTS) is 1. The SMILES string of the molecule is CCNC(=O)CNC(=O)N[C@H]1CC[C@@H](C(=O)O)C1. The standard InChI is InChI=1S/C11H19N3O4/c1-2-12-9(15)6-13-11(18)14-8-4-3-7(5-8)10(16)17/h7-8H,2-6H2,1H3,(H,12,15)(H,16,17)(H2,13,14,18)/t7-,8+/m1/s1. The number of likely N-dealkylation sites (N-methyl/N-ethyl adjacent to an activating group) is 1. The molecule has 1 rings (SSSR count). The van der Waals surface area contributed by atoms with Crippen molar-refractivity contribution in [2.75, 3.05) is 13.1 Å². The topological polar surface area (TPSA) is 108 Å². The van der Waals surface area contributed by atoms with Gasteiger partial charge in [0.1, 0.15) is 0 Å². The predicted molar refractivity (Wildman–Crippen MR) is 64.0 cm³/mol. The summed E-state index contributed by atoms with van der Waals surface area (Å²) in [6, 6.07) is -0.558. The van der Waals surface area contributed by atoms with Gasteiger partial charge < -0.3 is 21.1 Å². The first-order chi connectivity index (χ1) is 8.52. The zero-order chi connectivity index (χ0) is 13.5. The Hall–Kier alpha value is -1.79. The summed E-state index contributed by atoms with van der Waals surface area (Å²) < 4.78 is 0. The predicted octanol–water partition coefficient (Wildman–Crippen LogP) is -0.325. The molecule has 0 aliphatic heterocycles. The van der Waals surface area contributed by atoms with Gasteiger partial charge in [0.25, 0.3) is 0 Å². The lowest BCUT2D eigenvalue weighted by Crippen LogP contribution is -2.45. The second kappa shape index (κ2) is 6.83. The molecule has 0 spiro atoms. The van der Waals surface area contributed by atoms with Crippen LogP contribution in [0, 0.1) is 5.92 Å². The fourth-order valence-corrected chi connectivity index (χ4v) is 1.99. The molecule has 1 fully saturated rings. The van der Waals surface area contributed by atoms with Crippen LogP contribution in [0.15, 0.2) is 0 Å². The van der Waals surface area contributed by atoms with Crippen LogP contribution >= 0.6 is 0 Å². The van der Waals surface area contributed by atoms with E-state index < -0.39 is 12.0 Å². The van der Waals surface area contributed by atoms with Crippen LogP contribution < -0.4 is 16.0 Å². The zero-order valence-electron chi connectivity index (χ0n) is 10.4. The smallest absolute Gasteiger partial charge is 0.315 e. The van der Waals surface area contributed by atoms with E-state index in [-0.39, 0.29) is 24.4 Å². The Balaban J connectivity index is 2.21. The van der Waals surface area contributed by atoms with Gasteiger partial charge in [0.15, 0.2) is 0 Å². The number of carbonyl (C=O) groups is 3. The van der Waals surface area contributed by atoms with E-state index in [1.54, 1.807) is 6.92 Å². The molecule has 0 unspecified atom stereocenters. The quantitative estimate of drug-likeness (QED) is 0.541. The van der Waals surface area contributed by atoms with Gasteiger partial charge in [-0.1, -0.05) is 0 Å². The number of carbonyl (C=O) groups excluding carboxylic acids is 2. The fourth-order valence-electron chi connectivity index (χ4n) is 1.99. The normalized spacial score (nSPS) is 22.3. The first kappa shape index (κ1) is 14.3. The van der Waals surface area contributed by atoms with Crippen molar-refractivity contribution in [3.63, 3.8) is 0 Å². The van der Waals surface area contributed by atoms with Gasteiger partial charge in [-0.15, -0.1) is 0 Å². The Labute approximate surface area is 105 Å². The highest BCUT2D eigenvalue weighted by Crippen LogP contribution is 2.25. The number of urea groups is 1. The zero-order valence-corrected chi connectivity index (χ0v) is 10.4. The van der Waals surface area contributed by atoms with Crippen molar-refractivity contribution in [2.45, 2.75) is 32.2 Å². The van der Waals surface area contributed by atoms with Crippen molar-refractivity contribution in [1.29, 1.82) is 0 Å². The Morgan fingerprint density at radius 1 is 1.22 bits per heavy atom. The molecule has 7 nitrogen and oxygen atoms in total. The van der Waals surface area contributed by atoms with Gasteiger partial charge in [0, 0.05) is 12.6 Å². The van der Waals surface area contributed by atoms with Gasteiger partial charge in [0.2, 0.25) is 5.91 Å². The molecule has 18 heavy (non-hydrogen) atoms. The summed E-state index contributed by atoms with van der Waals surface area (Å²) in [7, 11) is 0. The van der Waals surface area contributed by atoms with E-state index in [1.807, 2.05) is 0 Å². The average Bonchev–Trinajstić information content (AvgIpc) is 2.75. The Bertz CT molecular complexity index is 332. The van der Waals surface area contributed by atoms with Crippen LogP contribution in [0.1, 0.15) is 26.2 Å². The van der Waals surface area contributed by atoms with E-state index in [0.717, 1.165) is 0 Å². The lowest BCUT2D eigenvalue weighted by Gasteiger charge is -2.13. The van der Waals surface area contributed by atoms with E-state index in [2.05, 4.69) is 16.0 Å². The molecule has 2 atom stereocenters. The highest BCUT2D eigenvalue weighted by Gasteiger charge is 2.30. The minimum Gasteiger partial charge on any atom is -0.481 e. The van der Waals surface area contributed by atoms with E-state index in [4.69, 9.17) is 5.11 Å². The number of hydrogen-bond acceptors (Lipinski definition) is 3. The molecular formula is C11H19N3O4. The number of aliphatic carboxylic acids is 1. The van der Waals surface area contributed by atoms with Crippen LogP contribution in [0.2, 0.25) is 0 Å². The van der Waals surface area contributed by atoms with Gasteiger partial charge in [-0.2, -0.15) is 0 Å². The molecule has 0 heterocycles. The molecule has 0 bridgehead atoms. The van der Waals surface area contributed by atoms with Crippen molar-refractivity contribution in [3.05, 3.63) is 0 Å². The minimum atomic E-state index is -0.818. The van der Waals surface area contributed by atoms with Crippen LogP contribution in [0.25, 0.3) is 0 Å². The molecule has 0 aromatic carbocycles. The molecule has 3 amide bonds. The van der Waals surface area contributed by atoms with Crippen molar-refractivity contribution >= 4 is 17.9 Å². The fraction of sp³-hybridized carbons (Fsp3) is 0.727. The summed E-state index contributed by atoms with van der Waals surface area (Å²) in [5.74, 6) is -1.44. The van der Waals surface area contributed by atoms with Crippen molar-refractivity contribution in [3.8, 4) is 0 Å². The first-order valence-corrected chi connectivity index (χ1v) is 6.06. The summed E-state index contributed by atoms with van der Waals surface area (Å²) in [5.41, 5.74) is 0. The van der Waals surface area contributed by atoms with Crippen LogP contribution in [0.3, 0.4) is 0 Å². The van der Waals surface area contributed by atoms with E-state index in [0.29, 0.717) is 25.8 Å². The van der Waals surface area contributed by atoms with Crippen molar-refractivity contribution in [2.24, 2.45) is 5.92 Å². The number of carboxylic acids is 1. The first-order valence-electron chi connectivity index (χ1n) is 6.06. The molecular weight excluding hydrogens is 238 g/mol. The summed E-state index contributed by atoms with van der Waals surface area (Å²) in [4.78, 5) is 33.3. The van der Waals surface area contributed by atoms with E-state index >= 15 is 0 Å². The van der Waals surface area contributed by atoms with Gasteiger partial charge in [-0.3, -0.25) is 9.59 Å². The summed E-state index contributed by atoms with van der Waals surface area (Å²) in [6.45, 7) is 2.24. The van der Waals surface area contributed by atoms with Crippen molar-refractivity contribution < 1.29 is 19.5 Å². The van der Waals surface area contributed by atoms with E-state index in [1.165, 1.54) is 0 Å². The molecule has 0 radical (unpaired) electrons. The van der Waals surface area contributed by atoms with Crippen LogP contribution in [-0.4, -0.2) is 42.1 Å².